The average molecular weight is 234 g/mol. The molecule has 0 amide bonds. The van der Waals surface area contributed by atoms with E-state index >= 15 is 0 Å². The fourth-order valence-corrected chi connectivity index (χ4v) is 2.50. The molecule has 1 aromatic carbocycles. The number of carboxylic acids is 1. The van der Waals surface area contributed by atoms with Crippen LogP contribution in [0.25, 0.3) is 0 Å². The van der Waals surface area contributed by atoms with Crippen LogP contribution in [0, 0.1) is 6.92 Å². The van der Waals surface area contributed by atoms with Crippen molar-refractivity contribution in [2.75, 3.05) is 0 Å². The minimum Gasteiger partial charge on any atom is -0.507 e. The van der Waals surface area contributed by atoms with E-state index < -0.39 is 11.8 Å². The van der Waals surface area contributed by atoms with Gasteiger partial charge in [0.05, 0.1) is 5.56 Å². The molecule has 17 heavy (non-hydrogen) atoms. The molecule has 1 aromatic rings. The van der Waals surface area contributed by atoms with Gasteiger partial charge in [-0.25, -0.2) is 4.79 Å². The zero-order valence-electron chi connectivity index (χ0n) is 9.62. The zero-order valence-corrected chi connectivity index (χ0v) is 9.62. The summed E-state index contributed by atoms with van der Waals surface area (Å²) in [7, 11) is 0. The molecule has 0 aromatic heterocycles. The number of aryl methyl sites for hydroxylation is 1. The van der Waals surface area contributed by atoms with Crippen LogP contribution in [0.1, 0.15) is 39.9 Å². The second-order valence-corrected chi connectivity index (χ2v) is 4.39. The van der Waals surface area contributed by atoms with Gasteiger partial charge in [0.1, 0.15) is 5.75 Å². The van der Waals surface area contributed by atoms with E-state index in [9.17, 15) is 14.7 Å². The van der Waals surface area contributed by atoms with Crippen LogP contribution in [-0.2, 0) is 17.6 Å². The van der Waals surface area contributed by atoms with Gasteiger partial charge < -0.3 is 10.2 Å². The Morgan fingerprint density at radius 1 is 1.18 bits per heavy atom. The third kappa shape index (κ3) is 1.90. The summed E-state index contributed by atoms with van der Waals surface area (Å²) in [5.41, 5.74) is 2.66. The smallest absolute Gasteiger partial charge is 0.377 e. The highest BCUT2D eigenvalue weighted by atomic mass is 16.4. The van der Waals surface area contributed by atoms with Gasteiger partial charge in [-0.15, -0.1) is 0 Å². The second-order valence-electron chi connectivity index (χ2n) is 4.39. The van der Waals surface area contributed by atoms with Gasteiger partial charge in [-0.05, 0) is 55.4 Å². The number of hydrogen-bond donors (Lipinski definition) is 2. The van der Waals surface area contributed by atoms with E-state index in [0.29, 0.717) is 6.42 Å². The fourth-order valence-electron chi connectivity index (χ4n) is 2.50. The van der Waals surface area contributed by atoms with Gasteiger partial charge in [-0.3, -0.25) is 4.79 Å². The third-order valence-corrected chi connectivity index (χ3v) is 3.28. The number of carboxylic acid groups (broad SMARTS) is 1. The van der Waals surface area contributed by atoms with Crippen molar-refractivity contribution in [3.63, 3.8) is 0 Å². The summed E-state index contributed by atoms with van der Waals surface area (Å²) in [6, 6.07) is 1.49. The molecule has 2 N–H and O–H groups in total. The number of aliphatic carboxylic acids is 1. The molecule has 4 nitrogen and oxygen atoms in total. The van der Waals surface area contributed by atoms with Crippen molar-refractivity contribution in [1.29, 1.82) is 0 Å². The largest absolute Gasteiger partial charge is 0.507 e. The number of fused-ring (bicyclic) bond motifs is 1. The number of benzene rings is 1. The monoisotopic (exact) mass is 234 g/mol. The minimum atomic E-state index is -1.52. The Morgan fingerprint density at radius 2 is 1.76 bits per heavy atom. The van der Waals surface area contributed by atoms with Crippen molar-refractivity contribution < 1.29 is 19.8 Å². The van der Waals surface area contributed by atoms with Crippen LogP contribution in [0.5, 0.6) is 5.75 Å². The van der Waals surface area contributed by atoms with Crippen molar-refractivity contribution in [3.8, 4) is 5.75 Å². The van der Waals surface area contributed by atoms with Crippen molar-refractivity contribution in [3.05, 3.63) is 28.3 Å². The summed E-state index contributed by atoms with van der Waals surface area (Å²) < 4.78 is 0. The summed E-state index contributed by atoms with van der Waals surface area (Å²) in [6.45, 7) is 1.87. The molecule has 0 heterocycles. The quantitative estimate of drug-likeness (QED) is 0.605. The lowest BCUT2D eigenvalue weighted by Gasteiger charge is -2.21. The van der Waals surface area contributed by atoms with Gasteiger partial charge in [0.2, 0.25) is 0 Å². The molecule has 1 aliphatic rings. The van der Waals surface area contributed by atoms with E-state index in [1.165, 1.54) is 6.07 Å². The van der Waals surface area contributed by atoms with Crippen molar-refractivity contribution in [2.24, 2.45) is 0 Å². The molecular weight excluding hydrogens is 220 g/mol. The standard InChI is InChI=1S/C13H14O4/c1-7-6-10(14)11(12(15)13(16)17)9-5-3-2-4-8(7)9/h6,14H,2-5H2,1H3,(H,16,17). The molecule has 2 rings (SSSR count). The Balaban J connectivity index is 2.66. The molecule has 0 spiro atoms. The lowest BCUT2D eigenvalue weighted by Crippen LogP contribution is -2.18. The molecule has 1 aliphatic carbocycles. The first kappa shape index (κ1) is 11.6. The van der Waals surface area contributed by atoms with Crippen LogP contribution in [0.4, 0.5) is 0 Å². The van der Waals surface area contributed by atoms with Crippen LogP contribution < -0.4 is 0 Å². The highest BCUT2D eigenvalue weighted by Gasteiger charge is 2.26. The molecule has 0 radical (unpaired) electrons. The maximum Gasteiger partial charge on any atom is 0.377 e. The van der Waals surface area contributed by atoms with E-state index in [4.69, 9.17) is 5.11 Å². The summed E-state index contributed by atoms with van der Waals surface area (Å²) in [4.78, 5) is 22.4. The topological polar surface area (TPSA) is 74.6 Å². The number of hydrogen-bond acceptors (Lipinski definition) is 3. The van der Waals surface area contributed by atoms with E-state index in [1.54, 1.807) is 0 Å². The van der Waals surface area contributed by atoms with Gasteiger partial charge in [-0.2, -0.15) is 0 Å². The van der Waals surface area contributed by atoms with Crippen LogP contribution in [-0.4, -0.2) is 22.0 Å². The summed E-state index contributed by atoms with van der Waals surface area (Å²) >= 11 is 0. The number of aromatic hydroxyl groups is 1. The van der Waals surface area contributed by atoms with Crippen molar-refractivity contribution >= 4 is 11.8 Å². The fraction of sp³-hybridized carbons (Fsp3) is 0.385. The number of Topliss-reactive ketones (excluding diaryl/α,β-unsaturated/α-hetero) is 1. The van der Waals surface area contributed by atoms with Crippen LogP contribution >= 0.6 is 0 Å². The summed E-state index contributed by atoms with van der Waals surface area (Å²) in [6.07, 6.45) is 3.48. The SMILES string of the molecule is Cc1cc(O)c(C(=O)C(=O)O)c2c1CCCC2. The predicted octanol–water partition coefficient (Wildman–Crippen LogP) is 1.85. The van der Waals surface area contributed by atoms with Crippen LogP contribution in [0.3, 0.4) is 0 Å². The lowest BCUT2D eigenvalue weighted by molar-refractivity contribution is -0.131. The number of carbonyl (C=O) groups is 2. The van der Waals surface area contributed by atoms with E-state index in [1.807, 2.05) is 6.92 Å². The molecule has 90 valence electrons. The predicted molar refractivity (Wildman–Crippen MR) is 61.5 cm³/mol. The molecule has 0 saturated heterocycles. The summed E-state index contributed by atoms with van der Waals surface area (Å²) in [5.74, 6) is -2.74. The first-order valence-corrected chi connectivity index (χ1v) is 5.64. The normalized spacial score (nSPS) is 14.2. The number of carbonyl (C=O) groups excluding carboxylic acids is 1. The van der Waals surface area contributed by atoms with Crippen LogP contribution in [0.2, 0.25) is 0 Å². The second kappa shape index (κ2) is 4.20. The maximum atomic E-state index is 11.6. The van der Waals surface area contributed by atoms with Gasteiger partial charge in [0.15, 0.2) is 0 Å². The minimum absolute atomic E-state index is 0.0159. The Kier molecular flexibility index (Phi) is 2.88. The number of ketones is 1. The van der Waals surface area contributed by atoms with E-state index in [2.05, 4.69) is 0 Å². The average Bonchev–Trinajstić information content (AvgIpc) is 2.28. The van der Waals surface area contributed by atoms with Crippen molar-refractivity contribution in [1.82, 2.24) is 0 Å². The Morgan fingerprint density at radius 3 is 2.35 bits per heavy atom. The number of rotatable bonds is 2. The molecule has 0 saturated carbocycles. The summed E-state index contributed by atoms with van der Waals surface area (Å²) in [5, 5.41) is 18.6. The Labute approximate surface area is 98.9 Å². The van der Waals surface area contributed by atoms with E-state index in [0.717, 1.165) is 36.0 Å². The van der Waals surface area contributed by atoms with Crippen molar-refractivity contribution in [2.45, 2.75) is 32.6 Å². The van der Waals surface area contributed by atoms with Gasteiger partial charge in [-0.1, -0.05) is 0 Å². The maximum absolute atomic E-state index is 11.6. The molecule has 0 fully saturated rings. The van der Waals surface area contributed by atoms with Gasteiger partial charge in [0.25, 0.3) is 5.78 Å². The molecule has 0 atom stereocenters. The number of phenolic OH excluding ortho intramolecular Hbond substituents is 1. The highest BCUT2D eigenvalue weighted by molar-refractivity contribution is 6.41. The van der Waals surface area contributed by atoms with Gasteiger partial charge in [0, 0.05) is 0 Å². The first-order chi connectivity index (χ1) is 8.02. The van der Waals surface area contributed by atoms with E-state index in [-0.39, 0.29) is 11.3 Å². The van der Waals surface area contributed by atoms with Gasteiger partial charge >= 0.3 is 5.97 Å². The molecule has 0 aliphatic heterocycles. The molecular formula is C13H14O4. The molecule has 0 unspecified atom stereocenters. The zero-order chi connectivity index (χ0) is 12.6. The third-order valence-electron chi connectivity index (χ3n) is 3.28. The first-order valence-electron chi connectivity index (χ1n) is 5.64. The Bertz CT molecular complexity index is 503. The highest BCUT2D eigenvalue weighted by Crippen LogP contribution is 2.33. The number of phenols is 1. The molecule has 4 heteroatoms. The van der Waals surface area contributed by atoms with Crippen LogP contribution in [0.15, 0.2) is 6.07 Å². The lowest BCUT2D eigenvalue weighted by atomic mass is 9.84. The molecule has 0 bridgehead atoms. The Hall–Kier alpha value is -1.84.